The number of carbonyl (C=O) groups excluding carboxylic acids is 3. The Morgan fingerprint density at radius 3 is 0.752 bits per heavy atom. The molecule has 121 heavy (non-hydrogen) atoms. The van der Waals surface area contributed by atoms with Gasteiger partial charge < -0.3 is 73.3 Å². The van der Waals surface area contributed by atoms with Crippen LogP contribution in [0.2, 0.25) is 0 Å². The molecule has 3 fully saturated rings. The molecule has 18 atom stereocenters. The molecule has 0 aromatic rings. The predicted molar refractivity (Wildman–Crippen MR) is 430 cm³/mol. The first kappa shape index (κ1) is 115. The Hall–Kier alpha value is -3.90. The highest BCUT2D eigenvalue weighted by Gasteiger charge is 2.75. The minimum absolute atomic E-state index is 0.0321. The number of ether oxygens (including phenoxy) is 9. The molecule has 3 rings (SSSR count). The summed E-state index contributed by atoms with van der Waals surface area (Å²) in [5.41, 5.74) is -23.0. The topological polar surface area (TPSA) is 256 Å². The molecule has 3 aliphatic rings. The van der Waals surface area contributed by atoms with Gasteiger partial charge in [-0.25, -0.2) is 14.4 Å². The van der Waals surface area contributed by atoms with Gasteiger partial charge >= 0.3 is 48.8 Å². The van der Waals surface area contributed by atoms with E-state index in [1.165, 1.54) is 20.8 Å². The van der Waals surface area contributed by atoms with Gasteiger partial charge in [-0.05, 0) is 262 Å². The summed E-state index contributed by atoms with van der Waals surface area (Å²) in [7, 11) is 0. The van der Waals surface area contributed by atoms with Gasteiger partial charge in [0.15, 0.2) is 16.8 Å². The minimum Gasteiger partial charge on any atom is -0.459 e. The number of halogens is 15. The molecule has 0 spiro atoms. The molecule has 0 heterocycles. The van der Waals surface area contributed by atoms with E-state index in [1.54, 1.807) is 90.0 Å². The van der Waals surface area contributed by atoms with Crippen molar-refractivity contribution in [2.45, 2.75) is 469 Å². The Morgan fingerprint density at radius 2 is 0.512 bits per heavy atom. The van der Waals surface area contributed by atoms with E-state index in [-0.39, 0.29) is 98.7 Å². The van der Waals surface area contributed by atoms with Gasteiger partial charge in [0.05, 0.1) is 75.3 Å². The summed E-state index contributed by atoms with van der Waals surface area (Å²) in [4.78, 5) is 37.6. The van der Waals surface area contributed by atoms with E-state index in [2.05, 4.69) is 19.7 Å². The van der Waals surface area contributed by atoms with Crippen LogP contribution >= 0.6 is 0 Å². The molecule has 33 heteroatoms. The summed E-state index contributed by atoms with van der Waals surface area (Å²) in [6.07, 6.45) is -32.1. The summed E-state index contributed by atoms with van der Waals surface area (Å²) in [6.45, 7) is 53.2. The quantitative estimate of drug-likeness (QED) is 0.0144. The van der Waals surface area contributed by atoms with E-state index in [9.17, 15) is 111 Å². The second-order valence-corrected chi connectivity index (χ2v) is 36.1. The van der Waals surface area contributed by atoms with Crippen LogP contribution in [0.1, 0.15) is 316 Å². The van der Waals surface area contributed by atoms with Crippen molar-refractivity contribution < 1.29 is 154 Å². The number of carbonyl (C=O) groups is 3. The predicted octanol–water partition coefficient (Wildman–Crippen LogP) is 21.0. The second-order valence-electron chi connectivity index (χ2n) is 36.1. The lowest BCUT2D eigenvalue weighted by molar-refractivity contribution is -0.401. The fourth-order valence-electron chi connectivity index (χ4n) is 17.8. The van der Waals surface area contributed by atoms with E-state index < -0.39 is 189 Å². The van der Waals surface area contributed by atoms with Crippen molar-refractivity contribution >= 4 is 17.9 Å². The molecule has 0 bridgehead atoms. The number of hydrogen-bond acceptors (Lipinski definition) is 18. The Bertz CT molecular complexity index is 3240. The first-order chi connectivity index (χ1) is 54.5. The molecule has 18 unspecified atom stereocenters. The number of hydrogen-bond donors (Lipinski definition) is 6. The average Bonchev–Trinajstić information content (AvgIpc) is 1.73. The van der Waals surface area contributed by atoms with Crippen LogP contribution in [0.15, 0.2) is 36.5 Å². The summed E-state index contributed by atoms with van der Waals surface area (Å²) in [6, 6.07) is 0. The van der Waals surface area contributed by atoms with Gasteiger partial charge in [-0.2, -0.15) is 65.9 Å². The lowest BCUT2D eigenvalue weighted by Crippen LogP contribution is -2.66. The normalized spacial score (nSPS) is 24.2. The van der Waals surface area contributed by atoms with Crippen molar-refractivity contribution in [2.75, 3.05) is 0 Å². The molecule has 0 amide bonds. The first-order valence-corrected chi connectivity index (χ1v) is 42.8. The maximum atomic E-state index is 13.7. The van der Waals surface area contributed by atoms with Gasteiger partial charge in [0, 0.05) is 22.6 Å². The smallest absolute Gasteiger partial charge is 0.428 e. The van der Waals surface area contributed by atoms with Gasteiger partial charge in [0.2, 0.25) is 0 Å². The number of esters is 3. The fourth-order valence-corrected chi connectivity index (χ4v) is 17.8. The Kier molecular flexibility index (Phi) is 40.9. The molecule has 0 aromatic heterocycles. The highest BCUT2D eigenvalue weighted by atomic mass is 19.4. The van der Waals surface area contributed by atoms with Gasteiger partial charge in [-0.3, -0.25) is 0 Å². The maximum absolute atomic E-state index is 13.7. The van der Waals surface area contributed by atoms with Crippen molar-refractivity contribution in [3.05, 3.63) is 36.5 Å². The summed E-state index contributed by atoms with van der Waals surface area (Å²) in [5, 5.41) is 62.3. The molecule has 0 radical (unpaired) electrons. The fraction of sp³-hybridized carbons (Fsp3) is 0.898. The standard InChI is InChI=1S/C30H50F6O6.C29H48F6O6.C29H51F3O6/c1-11-26(12-2,41-19(7)25(9,10)38)21-15-22(17-23(16-21)40-24(37)18(5)6)27(13-3,14-4)42-20(8)28(39,29(31,32)33)30(34,35)36;1-11-26(12-2,40-18(7)24(9,37)28(30,31)32)20-15-21(22(16-20)39-23(36)17(5)6)27(13-3,14-4)41-19(8)25(10,38)29(33,34)35;1-12-27(13-2,37-19(7)25(9,10)34)22-16-21(36-24(33)18(5)6)17-23(22)28(14-3,15-4)38-20(8)26(11,35)29(30,31)32/h19-23,38-39H,5,11-17H2,1-4,6-10H3;18-22,37-38H,5,11-16H2,1-4,6-10H3;19-23,34-35H,5,12-17H2,1-4,6-11H3. The Balaban J connectivity index is 0.000000909. The Morgan fingerprint density at radius 1 is 0.298 bits per heavy atom. The van der Waals surface area contributed by atoms with Crippen molar-refractivity contribution in [1.29, 1.82) is 0 Å². The van der Waals surface area contributed by atoms with E-state index in [1.807, 2.05) is 41.5 Å². The van der Waals surface area contributed by atoms with Crippen LogP contribution in [0.4, 0.5) is 65.9 Å². The van der Waals surface area contributed by atoms with Gasteiger partial charge in [-0.15, -0.1) is 0 Å². The van der Waals surface area contributed by atoms with Crippen LogP contribution in [0, 0.1) is 35.5 Å². The lowest BCUT2D eigenvalue weighted by atomic mass is 9.64. The summed E-state index contributed by atoms with van der Waals surface area (Å²) < 4.78 is 260. The molecule has 714 valence electrons. The van der Waals surface area contributed by atoms with E-state index in [0.29, 0.717) is 78.6 Å². The zero-order chi connectivity index (χ0) is 95.4. The van der Waals surface area contributed by atoms with E-state index in [4.69, 9.17) is 42.6 Å². The highest BCUT2D eigenvalue weighted by molar-refractivity contribution is 5.88. The van der Waals surface area contributed by atoms with Crippen molar-refractivity contribution in [3.63, 3.8) is 0 Å². The average molecular weight is 1780 g/mol. The third-order valence-corrected chi connectivity index (χ3v) is 28.0. The highest BCUT2D eigenvalue weighted by Crippen LogP contribution is 2.58. The van der Waals surface area contributed by atoms with Crippen molar-refractivity contribution in [3.8, 4) is 0 Å². The molecule has 6 N–H and O–H groups in total. The Labute approximate surface area is 709 Å². The van der Waals surface area contributed by atoms with Gasteiger partial charge in [-0.1, -0.05) is 103 Å². The monoisotopic (exact) mass is 1780 g/mol. The van der Waals surface area contributed by atoms with Crippen LogP contribution in [-0.2, 0) is 57.0 Å². The van der Waals surface area contributed by atoms with Crippen LogP contribution in [0.3, 0.4) is 0 Å². The zero-order valence-electron chi connectivity index (χ0n) is 77.0. The second kappa shape index (κ2) is 43.0. The molecular weight excluding hydrogens is 1630 g/mol. The lowest BCUT2D eigenvalue weighted by Gasteiger charge is -2.52. The van der Waals surface area contributed by atoms with E-state index >= 15 is 0 Å². The zero-order valence-corrected chi connectivity index (χ0v) is 77.0. The van der Waals surface area contributed by atoms with Crippen LogP contribution in [-0.4, -0.2) is 202 Å². The third-order valence-electron chi connectivity index (χ3n) is 28.0. The van der Waals surface area contributed by atoms with Crippen LogP contribution < -0.4 is 0 Å². The van der Waals surface area contributed by atoms with E-state index in [0.717, 1.165) is 20.8 Å². The maximum Gasteiger partial charge on any atom is 0.428 e. The molecule has 0 saturated heterocycles. The molecule has 18 nitrogen and oxygen atoms in total. The number of alkyl halides is 15. The SMILES string of the molecule is C=C(C)C(=O)OC1CC(C(CC)(CC)OC(C)C(C)(C)O)C(C(CC)(CC)OC(C)C(C)(O)C(F)(F)F)C1.C=C(C)C(=O)OC1CC(C(CC)(CC)OC(C)C(C)(C)O)CC(C(CC)(CC)OC(C)C(O)(C(F)(F)F)C(F)(F)F)C1.C=C(C)C(=O)OC1CC(C(CC)(CC)OC(C)C(C)(O)C(F)(F)F)CC1C(CC)(CC)OC(C)C(C)(O)C(F)(F)F. The minimum atomic E-state index is -6.05. The molecule has 0 aromatic carbocycles. The third kappa shape index (κ3) is 26.4. The largest absolute Gasteiger partial charge is 0.459 e. The van der Waals surface area contributed by atoms with Crippen molar-refractivity contribution in [2.24, 2.45) is 35.5 Å². The van der Waals surface area contributed by atoms with Crippen LogP contribution in [0.25, 0.3) is 0 Å². The van der Waals surface area contributed by atoms with Gasteiger partial charge in [0.1, 0.15) is 24.4 Å². The number of rotatable bonds is 42. The van der Waals surface area contributed by atoms with Gasteiger partial charge in [0.25, 0.3) is 5.60 Å². The number of aliphatic hydroxyl groups is 6. The molecular formula is C88H149F15O18. The molecule has 3 saturated carbocycles. The van der Waals surface area contributed by atoms with Crippen molar-refractivity contribution in [1.82, 2.24) is 0 Å². The molecule has 3 aliphatic carbocycles. The molecule has 0 aliphatic heterocycles. The summed E-state index contributed by atoms with van der Waals surface area (Å²) >= 11 is 0. The van der Waals surface area contributed by atoms with Crippen LogP contribution in [0.5, 0.6) is 0 Å². The first-order valence-electron chi connectivity index (χ1n) is 42.8. The summed E-state index contributed by atoms with van der Waals surface area (Å²) in [5.74, 6) is -4.72.